The lowest BCUT2D eigenvalue weighted by Gasteiger charge is -2.26. The third-order valence-corrected chi connectivity index (χ3v) is 4.08. The summed E-state index contributed by atoms with van der Waals surface area (Å²) in [4.78, 5) is 14.0. The number of aliphatic hydroxyl groups is 1. The van der Waals surface area contributed by atoms with Gasteiger partial charge in [0.05, 0.1) is 6.10 Å². The van der Waals surface area contributed by atoms with Crippen molar-refractivity contribution in [2.75, 3.05) is 13.1 Å². The Kier molecular flexibility index (Phi) is 5.03. The molecule has 1 heterocycles. The van der Waals surface area contributed by atoms with Crippen molar-refractivity contribution in [3.63, 3.8) is 0 Å². The zero-order valence-corrected chi connectivity index (χ0v) is 14.4. The van der Waals surface area contributed by atoms with E-state index in [1.165, 1.54) is 0 Å². The predicted octanol–water partition coefficient (Wildman–Crippen LogP) is 3.73. The fourth-order valence-electron chi connectivity index (χ4n) is 2.79. The van der Waals surface area contributed by atoms with Gasteiger partial charge < -0.3 is 14.7 Å². The van der Waals surface area contributed by atoms with Gasteiger partial charge in [-0.05, 0) is 57.7 Å². The van der Waals surface area contributed by atoms with Crippen molar-refractivity contribution >= 4 is 17.7 Å². The summed E-state index contributed by atoms with van der Waals surface area (Å²) in [5, 5.41) is 10.6. The molecule has 0 spiro atoms. The maximum absolute atomic E-state index is 12.2. The maximum atomic E-state index is 12.2. The second kappa shape index (κ2) is 6.47. The lowest BCUT2D eigenvalue weighted by Crippen LogP contribution is -2.38. The Labute approximate surface area is 137 Å². The number of rotatable bonds is 1. The third kappa shape index (κ3) is 3.93. The van der Waals surface area contributed by atoms with Crippen LogP contribution in [-0.2, 0) is 17.6 Å². The Morgan fingerprint density at radius 2 is 1.95 bits per heavy atom. The lowest BCUT2D eigenvalue weighted by atomic mass is 9.94. The SMILES string of the molecule is CC(O)c1c(Cl)ccc2c1CCN(C(=O)OC(C)(C)C)CC2. The third-order valence-electron chi connectivity index (χ3n) is 3.75. The summed E-state index contributed by atoms with van der Waals surface area (Å²) < 4.78 is 5.44. The molecule has 1 unspecified atom stereocenters. The van der Waals surface area contributed by atoms with E-state index in [-0.39, 0.29) is 6.09 Å². The van der Waals surface area contributed by atoms with E-state index in [1.54, 1.807) is 11.8 Å². The van der Waals surface area contributed by atoms with Crippen LogP contribution in [0.1, 0.15) is 50.5 Å². The number of halogens is 1. The highest BCUT2D eigenvalue weighted by Crippen LogP contribution is 2.31. The van der Waals surface area contributed by atoms with E-state index >= 15 is 0 Å². The smallest absolute Gasteiger partial charge is 0.410 e. The summed E-state index contributed by atoms with van der Waals surface area (Å²) >= 11 is 6.23. The van der Waals surface area contributed by atoms with Crippen molar-refractivity contribution in [3.8, 4) is 0 Å². The minimum Gasteiger partial charge on any atom is -0.444 e. The summed E-state index contributed by atoms with van der Waals surface area (Å²) in [7, 11) is 0. The molecule has 0 saturated carbocycles. The normalized spacial score (nSPS) is 16.7. The number of carbonyl (C=O) groups is 1. The number of carbonyl (C=O) groups excluding carboxylic acids is 1. The summed E-state index contributed by atoms with van der Waals surface area (Å²) in [5.74, 6) is 0. The second-order valence-corrected chi connectivity index (χ2v) is 7.15. The second-order valence-electron chi connectivity index (χ2n) is 6.74. The van der Waals surface area contributed by atoms with Crippen LogP contribution in [0.15, 0.2) is 12.1 Å². The highest BCUT2D eigenvalue weighted by atomic mass is 35.5. The molecule has 0 bridgehead atoms. The van der Waals surface area contributed by atoms with Crippen molar-refractivity contribution in [1.29, 1.82) is 0 Å². The van der Waals surface area contributed by atoms with Crippen LogP contribution in [-0.4, -0.2) is 34.8 Å². The Hall–Kier alpha value is -1.26. The molecule has 0 fully saturated rings. The van der Waals surface area contributed by atoms with Crippen molar-refractivity contribution in [2.45, 2.75) is 52.2 Å². The molecule has 0 aromatic heterocycles. The van der Waals surface area contributed by atoms with Crippen LogP contribution in [0.2, 0.25) is 5.02 Å². The molecule has 4 nitrogen and oxygen atoms in total. The van der Waals surface area contributed by atoms with Crippen LogP contribution in [0.25, 0.3) is 0 Å². The fraction of sp³-hybridized carbons (Fsp3) is 0.588. The Morgan fingerprint density at radius 3 is 2.55 bits per heavy atom. The highest BCUT2D eigenvalue weighted by molar-refractivity contribution is 6.31. The largest absolute Gasteiger partial charge is 0.444 e. The first kappa shape index (κ1) is 17.1. The van der Waals surface area contributed by atoms with E-state index in [4.69, 9.17) is 16.3 Å². The number of fused-ring (bicyclic) bond motifs is 1. The molecule has 1 aliphatic rings. The molecule has 1 atom stereocenters. The summed E-state index contributed by atoms with van der Waals surface area (Å²) in [5.41, 5.74) is 2.50. The molecule has 2 rings (SSSR count). The van der Waals surface area contributed by atoms with Gasteiger partial charge in [0, 0.05) is 23.7 Å². The highest BCUT2D eigenvalue weighted by Gasteiger charge is 2.26. The monoisotopic (exact) mass is 325 g/mol. The van der Waals surface area contributed by atoms with Gasteiger partial charge in [-0.15, -0.1) is 0 Å². The van der Waals surface area contributed by atoms with E-state index in [1.807, 2.05) is 32.9 Å². The molecule has 1 aliphatic heterocycles. The first-order chi connectivity index (χ1) is 10.2. The lowest BCUT2D eigenvalue weighted by molar-refractivity contribution is 0.0258. The maximum Gasteiger partial charge on any atom is 0.410 e. The van der Waals surface area contributed by atoms with Crippen molar-refractivity contribution in [3.05, 3.63) is 33.8 Å². The number of ether oxygens (including phenoxy) is 1. The fourth-order valence-corrected chi connectivity index (χ4v) is 3.12. The standard InChI is InChI=1S/C17H24ClNO3/c1-11(20)15-13-8-10-19(16(21)22-17(2,3)4)9-7-12(13)5-6-14(15)18/h5-6,11,20H,7-10H2,1-4H3. The number of hydrogen-bond donors (Lipinski definition) is 1. The van der Waals surface area contributed by atoms with Gasteiger partial charge in [-0.25, -0.2) is 4.79 Å². The Morgan fingerprint density at radius 1 is 1.32 bits per heavy atom. The average Bonchev–Trinajstić information content (AvgIpc) is 2.58. The average molecular weight is 326 g/mol. The van der Waals surface area contributed by atoms with Gasteiger partial charge in [-0.2, -0.15) is 0 Å². The Balaban J connectivity index is 2.20. The van der Waals surface area contributed by atoms with Crippen LogP contribution in [0, 0.1) is 0 Å². The zero-order chi connectivity index (χ0) is 16.5. The summed E-state index contributed by atoms with van der Waals surface area (Å²) in [6, 6.07) is 3.81. The predicted molar refractivity (Wildman–Crippen MR) is 87.3 cm³/mol. The molecule has 22 heavy (non-hydrogen) atoms. The van der Waals surface area contributed by atoms with Gasteiger partial charge >= 0.3 is 6.09 Å². The number of amides is 1. The van der Waals surface area contributed by atoms with Gasteiger partial charge in [0.15, 0.2) is 0 Å². The van der Waals surface area contributed by atoms with Crippen LogP contribution < -0.4 is 0 Å². The molecule has 0 saturated heterocycles. The summed E-state index contributed by atoms with van der Waals surface area (Å²) in [6.07, 6.45) is 0.515. The van der Waals surface area contributed by atoms with Crippen molar-refractivity contribution in [1.82, 2.24) is 4.90 Å². The van der Waals surface area contributed by atoms with E-state index in [0.29, 0.717) is 24.5 Å². The number of aliphatic hydroxyl groups excluding tert-OH is 1. The number of nitrogens with zero attached hydrogens (tertiary/aromatic N) is 1. The van der Waals surface area contributed by atoms with Crippen LogP contribution in [0.4, 0.5) is 4.79 Å². The molecule has 0 radical (unpaired) electrons. The van der Waals surface area contributed by atoms with Crippen LogP contribution in [0.3, 0.4) is 0 Å². The van der Waals surface area contributed by atoms with E-state index in [0.717, 1.165) is 23.1 Å². The molecule has 122 valence electrons. The molecule has 1 aromatic carbocycles. The zero-order valence-electron chi connectivity index (χ0n) is 13.6. The molecular formula is C17H24ClNO3. The van der Waals surface area contributed by atoms with Gasteiger partial charge in [0.25, 0.3) is 0 Å². The Bertz CT molecular complexity index is 564. The molecule has 1 N–H and O–H groups in total. The molecule has 1 aromatic rings. The molecule has 0 aliphatic carbocycles. The number of hydrogen-bond acceptors (Lipinski definition) is 3. The van der Waals surface area contributed by atoms with Crippen LogP contribution >= 0.6 is 11.6 Å². The van der Waals surface area contributed by atoms with E-state index < -0.39 is 11.7 Å². The molecule has 5 heteroatoms. The minimum absolute atomic E-state index is 0.287. The topological polar surface area (TPSA) is 49.8 Å². The van der Waals surface area contributed by atoms with Gasteiger partial charge in [0.2, 0.25) is 0 Å². The summed E-state index contributed by atoms with van der Waals surface area (Å²) in [6.45, 7) is 8.50. The van der Waals surface area contributed by atoms with Gasteiger partial charge in [0.1, 0.15) is 5.60 Å². The van der Waals surface area contributed by atoms with Crippen LogP contribution in [0.5, 0.6) is 0 Å². The first-order valence-corrected chi connectivity index (χ1v) is 8.03. The van der Waals surface area contributed by atoms with Crippen molar-refractivity contribution in [2.24, 2.45) is 0 Å². The molecule has 1 amide bonds. The van der Waals surface area contributed by atoms with Gasteiger partial charge in [-0.3, -0.25) is 0 Å². The van der Waals surface area contributed by atoms with E-state index in [2.05, 4.69) is 0 Å². The minimum atomic E-state index is -0.615. The van der Waals surface area contributed by atoms with E-state index in [9.17, 15) is 9.90 Å². The van der Waals surface area contributed by atoms with Gasteiger partial charge in [-0.1, -0.05) is 17.7 Å². The van der Waals surface area contributed by atoms with Crippen molar-refractivity contribution < 1.29 is 14.6 Å². The number of benzene rings is 1. The molecular weight excluding hydrogens is 302 g/mol. The first-order valence-electron chi connectivity index (χ1n) is 7.65. The quantitative estimate of drug-likeness (QED) is 0.856.